The number of carbonyl (C=O) groups excluding carboxylic acids is 2. The van der Waals surface area contributed by atoms with Crippen LogP contribution in [0.25, 0.3) is 11.0 Å². The summed E-state index contributed by atoms with van der Waals surface area (Å²) in [4.78, 5) is 31.5. The molecule has 1 amide bonds. The summed E-state index contributed by atoms with van der Waals surface area (Å²) < 4.78 is 33.7. The molecule has 2 heterocycles. The Labute approximate surface area is 188 Å². The summed E-state index contributed by atoms with van der Waals surface area (Å²) >= 11 is 5.88. The van der Waals surface area contributed by atoms with E-state index in [1.54, 1.807) is 53.4 Å². The van der Waals surface area contributed by atoms with Gasteiger partial charge in [0, 0.05) is 23.7 Å². The highest BCUT2D eigenvalue weighted by atomic mass is 35.5. The Morgan fingerprint density at radius 2 is 1.88 bits per heavy atom. The van der Waals surface area contributed by atoms with Crippen molar-refractivity contribution in [2.45, 2.75) is 32.4 Å². The molecule has 168 valence electrons. The first kappa shape index (κ1) is 22.2. The first-order valence-corrected chi connectivity index (χ1v) is 10.7. The van der Waals surface area contributed by atoms with Gasteiger partial charge in [-0.3, -0.25) is 14.2 Å². The Kier molecular flexibility index (Phi) is 6.41. The monoisotopic (exact) mass is 461 g/mol. The molecule has 1 aliphatic heterocycles. The number of amides is 1. The van der Waals surface area contributed by atoms with E-state index in [1.807, 2.05) is 0 Å². The molecule has 0 aliphatic carbocycles. The van der Waals surface area contributed by atoms with Gasteiger partial charge in [0.25, 0.3) is 5.91 Å². The Bertz CT molecular complexity index is 1130. The second-order valence-corrected chi connectivity index (χ2v) is 8.22. The summed E-state index contributed by atoms with van der Waals surface area (Å²) in [6.45, 7) is -0.557. The smallest absolute Gasteiger partial charge is 0.320 e. The molecule has 0 radical (unpaired) electrons. The molecular weight excluding hydrogens is 440 g/mol. The molecule has 1 saturated heterocycles. The van der Waals surface area contributed by atoms with Crippen LogP contribution in [0.5, 0.6) is 0 Å². The largest absolute Gasteiger partial charge is 0.454 e. The number of hydrogen-bond donors (Lipinski definition) is 0. The molecule has 1 aliphatic rings. The fourth-order valence-corrected chi connectivity index (χ4v) is 4.13. The molecule has 4 rings (SSSR count). The van der Waals surface area contributed by atoms with Crippen LogP contribution in [0.1, 0.15) is 48.6 Å². The third kappa shape index (κ3) is 4.46. The summed E-state index contributed by atoms with van der Waals surface area (Å²) in [5.74, 6) is -1.27. The number of likely N-dealkylation sites (tertiary alicyclic amines) is 1. The van der Waals surface area contributed by atoms with E-state index >= 15 is 0 Å². The fourth-order valence-electron chi connectivity index (χ4n) is 4.01. The number of fused-ring (bicyclic) bond motifs is 1. The van der Waals surface area contributed by atoms with Crippen molar-refractivity contribution in [2.75, 3.05) is 13.1 Å². The first-order valence-electron chi connectivity index (χ1n) is 10.4. The fraction of sp³-hybridized carbons (Fsp3) is 0.348. The van der Waals surface area contributed by atoms with E-state index in [-0.39, 0.29) is 23.8 Å². The van der Waals surface area contributed by atoms with Gasteiger partial charge >= 0.3 is 12.5 Å². The Balaban J connectivity index is 1.47. The lowest BCUT2D eigenvalue weighted by Gasteiger charge is -2.32. The SMILES string of the molecule is CC(OC(=O)C1CCCN(C(=O)c2ccc(Cl)cc2)C1)c1nc2ccccc2n1C(F)F. The molecule has 2 aromatic carbocycles. The number of imidazole rings is 1. The molecule has 9 heteroatoms. The van der Waals surface area contributed by atoms with Crippen molar-refractivity contribution in [3.05, 3.63) is 64.9 Å². The molecule has 0 bridgehead atoms. The second kappa shape index (κ2) is 9.24. The van der Waals surface area contributed by atoms with Gasteiger partial charge in [0.15, 0.2) is 11.9 Å². The molecule has 0 spiro atoms. The van der Waals surface area contributed by atoms with Crippen LogP contribution in [0.3, 0.4) is 0 Å². The van der Waals surface area contributed by atoms with Crippen LogP contribution in [-0.4, -0.2) is 39.4 Å². The van der Waals surface area contributed by atoms with Gasteiger partial charge in [-0.1, -0.05) is 23.7 Å². The highest BCUT2D eigenvalue weighted by molar-refractivity contribution is 6.30. The van der Waals surface area contributed by atoms with Crippen LogP contribution < -0.4 is 0 Å². The van der Waals surface area contributed by atoms with E-state index < -0.39 is 24.5 Å². The number of carbonyl (C=O) groups is 2. The maximum absolute atomic E-state index is 13.7. The van der Waals surface area contributed by atoms with Gasteiger partial charge in [-0.15, -0.1) is 0 Å². The molecule has 0 saturated carbocycles. The predicted molar refractivity (Wildman–Crippen MR) is 116 cm³/mol. The number of piperidine rings is 1. The zero-order valence-electron chi connectivity index (χ0n) is 17.4. The number of rotatable bonds is 5. The van der Waals surface area contributed by atoms with E-state index in [0.29, 0.717) is 35.5 Å². The topological polar surface area (TPSA) is 64.4 Å². The molecule has 1 fully saturated rings. The highest BCUT2D eigenvalue weighted by Gasteiger charge is 2.32. The Hall–Kier alpha value is -3.00. The zero-order valence-corrected chi connectivity index (χ0v) is 18.1. The lowest BCUT2D eigenvalue weighted by atomic mass is 9.97. The average Bonchev–Trinajstić information content (AvgIpc) is 3.19. The van der Waals surface area contributed by atoms with E-state index in [1.165, 1.54) is 6.92 Å². The lowest BCUT2D eigenvalue weighted by Crippen LogP contribution is -2.43. The van der Waals surface area contributed by atoms with E-state index in [9.17, 15) is 18.4 Å². The summed E-state index contributed by atoms with van der Waals surface area (Å²) in [5.41, 5.74) is 1.17. The molecular formula is C23H22ClF2N3O3. The van der Waals surface area contributed by atoms with Crippen molar-refractivity contribution in [3.8, 4) is 0 Å². The molecule has 32 heavy (non-hydrogen) atoms. The van der Waals surface area contributed by atoms with Crippen LogP contribution in [0.15, 0.2) is 48.5 Å². The van der Waals surface area contributed by atoms with Crippen molar-refractivity contribution in [1.82, 2.24) is 14.5 Å². The number of alkyl halides is 2. The van der Waals surface area contributed by atoms with Crippen molar-refractivity contribution in [3.63, 3.8) is 0 Å². The van der Waals surface area contributed by atoms with E-state index in [4.69, 9.17) is 16.3 Å². The maximum atomic E-state index is 13.7. The number of benzene rings is 2. The Morgan fingerprint density at radius 3 is 2.59 bits per heavy atom. The Morgan fingerprint density at radius 1 is 1.16 bits per heavy atom. The van der Waals surface area contributed by atoms with Crippen molar-refractivity contribution < 1.29 is 23.1 Å². The number of halogens is 3. The number of hydrogen-bond acceptors (Lipinski definition) is 4. The predicted octanol–water partition coefficient (Wildman–Crippen LogP) is 5.24. The molecule has 2 atom stereocenters. The minimum Gasteiger partial charge on any atom is -0.454 e. The summed E-state index contributed by atoms with van der Waals surface area (Å²) in [6, 6.07) is 13.1. The van der Waals surface area contributed by atoms with Gasteiger partial charge in [0.1, 0.15) is 0 Å². The third-order valence-electron chi connectivity index (χ3n) is 5.61. The third-order valence-corrected chi connectivity index (χ3v) is 5.86. The summed E-state index contributed by atoms with van der Waals surface area (Å²) in [5, 5.41) is 0.533. The number of esters is 1. The number of nitrogens with zero attached hydrogens (tertiary/aromatic N) is 3. The number of para-hydroxylation sites is 2. The van der Waals surface area contributed by atoms with Crippen LogP contribution in [-0.2, 0) is 9.53 Å². The van der Waals surface area contributed by atoms with Crippen molar-refractivity contribution >= 4 is 34.5 Å². The van der Waals surface area contributed by atoms with Crippen molar-refractivity contribution in [1.29, 1.82) is 0 Å². The van der Waals surface area contributed by atoms with Crippen LogP contribution >= 0.6 is 11.6 Å². The second-order valence-electron chi connectivity index (χ2n) is 7.78. The van der Waals surface area contributed by atoms with Gasteiger partial charge in [0.05, 0.1) is 17.0 Å². The molecule has 2 unspecified atom stereocenters. The van der Waals surface area contributed by atoms with Crippen LogP contribution in [0.2, 0.25) is 5.02 Å². The molecule has 6 nitrogen and oxygen atoms in total. The summed E-state index contributed by atoms with van der Waals surface area (Å²) in [6.07, 6.45) is 0.232. The lowest BCUT2D eigenvalue weighted by molar-refractivity contribution is -0.155. The highest BCUT2D eigenvalue weighted by Crippen LogP contribution is 2.29. The molecule has 1 aromatic heterocycles. The zero-order chi connectivity index (χ0) is 22.8. The van der Waals surface area contributed by atoms with E-state index in [0.717, 1.165) is 4.57 Å². The van der Waals surface area contributed by atoms with Gasteiger partial charge < -0.3 is 9.64 Å². The van der Waals surface area contributed by atoms with Crippen LogP contribution in [0, 0.1) is 5.92 Å². The van der Waals surface area contributed by atoms with Crippen LogP contribution in [0.4, 0.5) is 8.78 Å². The quantitative estimate of drug-likeness (QED) is 0.487. The minimum absolute atomic E-state index is 0.0144. The number of aromatic nitrogens is 2. The summed E-state index contributed by atoms with van der Waals surface area (Å²) in [7, 11) is 0. The average molecular weight is 462 g/mol. The first-order chi connectivity index (χ1) is 15.3. The minimum atomic E-state index is -2.82. The van der Waals surface area contributed by atoms with Gasteiger partial charge in [-0.05, 0) is 56.2 Å². The van der Waals surface area contributed by atoms with Gasteiger partial charge in [-0.2, -0.15) is 8.78 Å². The molecule has 0 N–H and O–H groups in total. The van der Waals surface area contributed by atoms with Gasteiger partial charge in [-0.25, -0.2) is 4.98 Å². The standard InChI is InChI=1S/C23H22ClF2N3O3/c1-14(20-27-18-6-2-3-7-19(18)29(20)23(25)26)32-22(31)16-5-4-12-28(13-16)21(30)15-8-10-17(24)11-9-15/h2-3,6-11,14,16,23H,4-5,12-13H2,1H3. The van der Waals surface area contributed by atoms with Gasteiger partial charge in [0.2, 0.25) is 0 Å². The molecule has 3 aromatic rings. The normalized spacial score (nSPS) is 17.5. The number of ether oxygens (including phenoxy) is 1. The van der Waals surface area contributed by atoms with E-state index in [2.05, 4.69) is 4.98 Å². The maximum Gasteiger partial charge on any atom is 0.320 e. The van der Waals surface area contributed by atoms with Crippen molar-refractivity contribution in [2.24, 2.45) is 5.92 Å².